The maximum absolute atomic E-state index is 6.22. The Morgan fingerprint density at radius 1 is 0.632 bits per heavy atom. The van der Waals surface area contributed by atoms with E-state index in [1.165, 1.54) is 0 Å². The van der Waals surface area contributed by atoms with Gasteiger partial charge in [0.15, 0.2) is 0 Å². The van der Waals surface area contributed by atoms with Gasteiger partial charge in [-0.15, -0.1) is 0 Å². The van der Waals surface area contributed by atoms with E-state index in [0.29, 0.717) is 0 Å². The lowest BCUT2D eigenvalue weighted by Gasteiger charge is -2.35. The summed E-state index contributed by atoms with van der Waals surface area (Å²) in [6.45, 7) is 4.28. The van der Waals surface area contributed by atoms with Gasteiger partial charge in [-0.25, -0.2) is 0 Å². The highest BCUT2D eigenvalue weighted by molar-refractivity contribution is 6.74. The topological polar surface area (TPSA) is 46.2 Å². The van der Waals surface area contributed by atoms with E-state index in [9.17, 15) is 0 Å². The molecule has 0 radical (unpaired) electrons. The summed E-state index contributed by atoms with van der Waals surface area (Å²) in [5, 5.41) is 0. The first-order valence-electron chi connectivity index (χ1n) is 6.98. The van der Waals surface area contributed by atoms with Crippen LogP contribution in [-0.4, -0.2) is 46.0 Å². The lowest BCUT2D eigenvalue weighted by atomic mass is 10.4. The van der Waals surface area contributed by atoms with Gasteiger partial charge in [0.05, 0.1) is 0 Å². The van der Waals surface area contributed by atoms with Crippen molar-refractivity contribution in [1.82, 2.24) is 0 Å². The van der Waals surface area contributed by atoms with Crippen LogP contribution in [-0.2, 0) is 21.8 Å². The number of rotatable bonds is 12. The fourth-order valence-corrected chi connectivity index (χ4v) is 8.64. The third kappa shape index (κ3) is 6.03. The second kappa shape index (κ2) is 10.0. The summed E-state index contributed by atoms with van der Waals surface area (Å²) in [7, 11) is 1.23. The molecule has 0 bridgehead atoms. The molecule has 0 aromatic heterocycles. The molecule has 0 heterocycles. The molecule has 0 aromatic carbocycles. The zero-order valence-electron chi connectivity index (χ0n) is 13.3. The molecule has 19 heavy (non-hydrogen) atoms. The van der Waals surface area contributed by atoms with Crippen molar-refractivity contribution in [3.05, 3.63) is 0 Å². The summed E-state index contributed by atoms with van der Waals surface area (Å²) in [6, 6.07) is 1.59. The molecule has 0 aliphatic heterocycles. The second-order valence-corrected chi connectivity index (χ2v) is 10.7. The molecule has 0 spiro atoms. The average Bonchev–Trinajstić information content (AvgIpc) is 2.48. The lowest BCUT2D eigenvalue weighted by Crippen LogP contribution is -2.57. The van der Waals surface area contributed by atoms with Crippen LogP contribution in [0.15, 0.2) is 0 Å². The van der Waals surface area contributed by atoms with Gasteiger partial charge < -0.3 is 21.8 Å². The van der Waals surface area contributed by atoms with E-state index in [2.05, 4.69) is 13.8 Å². The van der Waals surface area contributed by atoms with Crippen LogP contribution in [0.3, 0.4) is 0 Å². The molecule has 0 atom stereocenters. The van der Waals surface area contributed by atoms with E-state index in [4.69, 9.17) is 21.8 Å². The van der Waals surface area contributed by atoms with Crippen LogP contribution in [0, 0.1) is 0 Å². The minimum Gasteiger partial charge on any atom is -0.377 e. The van der Waals surface area contributed by atoms with Gasteiger partial charge in [0.2, 0.25) is 0 Å². The van der Waals surface area contributed by atoms with Gasteiger partial charge >= 0.3 is 17.6 Å². The summed E-state index contributed by atoms with van der Waals surface area (Å²) >= 11 is 0. The standard InChI is InChI=1S/C12H30O5Si2/c1-7-9-11-18(13-3,14-4)17-19(15-5,16-6)12-10-8-2/h7-12H2,1-6H3. The van der Waals surface area contributed by atoms with Crippen LogP contribution >= 0.6 is 0 Å². The third-order valence-electron chi connectivity index (χ3n) is 3.23. The lowest BCUT2D eigenvalue weighted by molar-refractivity contribution is 0.0858. The molecule has 0 aliphatic rings. The monoisotopic (exact) mass is 310 g/mol. The molecule has 0 unspecified atom stereocenters. The number of unbranched alkanes of at least 4 members (excludes halogenated alkanes) is 2. The Bertz CT molecular complexity index is 198. The molecule has 0 rings (SSSR count). The molecule has 0 saturated heterocycles. The fraction of sp³-hybridized carbons (Fsp3) is 1.00. The largest absolute Gasteiger partial charge is 0.493 e. The molecule has 5 nitrogen and oxygen atoms in total. The maximum Gasteiger partial charge on any atom is 0.493 e. The Hall–Kier alpha value is 0.234. The van der Waals surface area contributed by atoms with Crippen molar-refractivity contribution >= 4 is 17.6 Å². The highest BCUT2D eigenvalue weighted by atomic mass is 28.5. The summed E-state index contributed by atoms with van der Waals surface area (Å²) < 4.78 is 28.6. The van der Waals surface area contributed by atoms with Crippen molar-refractivity contribution in [3.8, 4) is 0 Å². The molecule has 0 saturated carbocycles. The van der Waals surface area contributed by atoms with Crippen molar-refractivity contribution < 1.29 is 21.8 Å². The molecule has 0 aromatic rings. The second-order valence-electron chi connectivity index (χ2n) is 4.49. The van der Waals surface area contributed by atoms with Gasteiger partial charge in [-0.05, 0) is 12.8 Å². The van der Waals surface area contributed by atoms with Gasteiger partial charge in [0.25, 0.3) is 0 Å². The average molecular weight is 311 g/mol. The number of hydrogen-bond donors (Lipinski definition) is 0. The van der Waals surface area contributed by atoms with Crippen molar-refractivity contribution in [2.24, 2.45) is 0 Å². The van der Waals surface area contributed by atoms with E-state index >= 15 is 0 Å². The molecule has 0 aliphatic carbocycles. The van der Waals surface area contributed by atoms with Gasteiger partial charge in [-0.1, -0.05) is 26.7 Å². The predicted octanol–water partition coefficient (Wildman–Crippen LogP) is 3.07. The first kappa shape index (κ1) is 19.2. The quantitative estimate of drug-likeness (QED) is 0.518. The molecule has 0 N–H and O–H groups in total. The van der Waals surface area contributed by atoms with Crippen LogP contribution in [0.1, 0.15) is 39.5 Å². The summed E-state index contributed by atoms with van der Waals surface area (Å²) in [4.78, 5) is 0. The first-order valence-corrected chi connectivity index (χ1v) is 10.8. The van der Waals surface area contributed by atoms with Crippen molar-refractivity contribution in [2.45, 2.75) is 51.6 Å². The van der Waals surface area contributed by atoms with Crippen molar-refractivity contribution in [2.75, 3.05) is 28.4 Å². The third-order valence-corrected chi connectivity index (χ3v) is 10.1. The molecule has 0 fully saturated rings. The van der Waals surface area contributed by atoms with E-state index in [-0.39, 0.29) is 0 Å². The molecular weight excluding hydrogens is 280 g/mol. The van der Waals surface area contributed by atoms with E-state index in [1.807, 2.05) is 0 Å². The first-order chi connectivity index (χ1) is 9.07. The highest BCUT2D eigenvalue weighted by Crippen LogP contribution is 2.26. The van der Waals surface area contributed by atoms with Crippen LogP contribution in [0.4, 0.5) is 0 Å². The summed E-state index contributed by atoms with van der Waals surface area (Å²) in [5.74, 6) is 0. The van der Waals surface area contributed by atoms with E-state index in [0.717, 1.165) is 37.8 Å². The molecular formula is C12H30O5Si2. The summed E-state index contributed by atoms with van der Waals surface area (Å²) in [6.07, 6.45) is 4.18. The van der Waals surface area contributed by atoms with Gasteiger partial charge in [0.1, 0.15) is 0 Å². The Balaban J connectivity index is 4.90. The maximum atomic E-state index is 6.22. The van der Waals surface area contributed by atoms with Gasteiger partial charge in [-0.3, -0.25) is 0 Å². The Morgan fingerprint density at radius 2 is 0.947 bits per heavy atom. The molecule has 7 heteroatoms. The van der Waals surface area contributed by atoms with Crippen LogP contribution in [0.2, 0.25) is 12.1 Å². The molecule has 116 valence electrons. The predicted molar refractivity (Wildman–Crippen MR) is 80.1 cm³/mol. The Labute approximate surface area is 120 Å². The van der Waals surface area contributed by atoms with Gasteiger partial charge in [-0.2, -0.15) is 0 Å². The van der Waals surface area contributed by atoms with Crippen LogP contribution in [0.5, 0.6) is 0 Å². The normalized spacial score (nSPS) is 12.9. The fourth-order valence-electron chi connectivity index (χ4n) is 1.87. The van der Waals surface area contributed by atoms with Crippen LogP contribution in [0.25, 0.3) is 0 Å². The zero-order chi connectivity index (χ0) is 14.8. The molecule has 0 amide bonds. The van der Waals surface area contributed by atoms with Gasteiger partial charge in [0, 0.05) is 40.5 Å². The van der Waals surface area contributed by atoms with E-state index in [1.54, 1.807) is 28.4 Å². The Kier molecular flexibility index (Phi) is 10.2. The SMILES string of the molecule is CCCC[Si](OC)(OC)O[Si](CCCC)(OC)OC. The minimum absolute atomic E-state index is 0.796. The van der Waals surface area contributed by atoms with Crippen molar-refractivity contribution in [3.63, 3.8) is 0 Å². The number of hydrogen-bond acceptors (Lipinski definition) is 5. The Morgan fingerprint density at radius 3 is 1.16 bits per heavy atom. The van der Waals surface area contributed by atoms with Crippen LogP contribution < -0.4 is 0 Å². The zero-order valence-corrected chi connectivity index (χ0v) is 15.3. The van der Waals surface area contributed by atoms with Crippen molar-refractivity contribution in [1.29, 1.82) is 0 Å². The smallest absolute Gasteiger partial charge is 0.377 e. The van der Waals surface area contributed by atoms with E-state index < -0.39 is 17.6 Å². The highest BCUT2D eigenvalue weighted by Gasteiger charge is 2.51. The minimum atomic E-state index is -2.68. The summed E-state index contributed by atoms with van der Waals surface area (Å²) in [5.41, 5.74) is 0.